The Balaban J connectivity index is 2.51. The molecule has 1 unspecified atom stereocenters. The third-order valence-electron chi connectivity index (χ3n) is 4.04. The number of carbonyl (C=O) groups excluding carboxylic acids is 1. The second kappa shape index (κ2) is 10.7. The number of nitriles is 1. The summed E-state index contributed by atoms with van der Waals surface area (Å²) in [7, 11) is 0. The van der Waals surface area contributed by atoms with E-state index in [1.165, 1.54) is 0 Å². The van der Waals surface area contributed by atoms with Gasteiger partial charge in [0.25, 0.3) is 0 Å². The highest BCUT2D eigenvalue weighted by molar-refractivity contribution is 9.10. The molecule has 0 amide bonds. The lowest BCUT2D eigenvalue weighted by Crippen LogP contribution is -2.25. The maximum Gasteiger partial charge on any atom is 0.333 e. The van der Waals surface area contributed by atoms with Gasteiger partial charge in [-0.15, -0.1) is 0 Å². The minimum atomic E-state index is -0.815. The van der Waals surface area contributed by atoms with Crippen LogP contribution >= 0.6 is 15.9 Å². The Labute approximate surface area is 173 Å². The van der Waals surface area contributed by atoms with Crippen LogP contribution in [-0.2, 0) is 16.0 Å². The van der Waals surface area contributed by atoms with Crippen LogP contribution in [0.5, 0.6) is 5.75 Å². The summed E-state index contributed by atoms with van der Waals surface area (Å²) in [5, 5.41) is 21.3. The lowest BCUT2D eigenvalue weighted by Gasteiger charge is -2.23. The summed E-state index contributed by atoms with van der Waals surface area (Å²) in [5.41, 5.74) is 2.72. The van der Waals surface area contributed by atoms with Crippen molar-refractivity contribution < 1.29 is 19.4 Å². The van der Waals surface area contributed by atoms with E-state index in [0.717, 1.165) is 10.0 Å². The Morgan fingerprint density at radius 2 is 2.00 bits per heavy atom. The van der Waals surface area contributed by atoms with Crippen LogP contribution in [0.3, 0.4) is 0 Å². The zero-order chi connectivity index (χ0) is 20.5. The molecule has 0 aliphatic carbocycles. The predicted octanol–water partition coefficient (Wildman–Crippen LogP) is 3.97. The second-order valence-electron chi connectivity index (χ2n) is 5.93. The fourth-order valence-electron chi connectivity index (χ4n) is 2.77. The highest BCUT2D eigenvalue weighted by atomic mass is 79.9. The third kappa shape index (κ3) is 5.47. The topological polar surface area (TPSA) is 91.6 Å². The molecule has 0 saturated carbocycles. The molecule has 0 heterocycles. The zero-order valence-electron chi connectivity index (χ0n) is 15.9. The summed E-state index contributed by atoms with van der Waals surface area (Å²) in [6, 6.07) is 11.8. The van der Waals surface area contributed by atoms with E-state index in [1.54, 1.807) is 31.2 Å². The third-order valence-corrected chi connectivity index (χ3v) is 4.49. The molecule has 148 valence electrons. The van der Waals surface area contributed by atoms with Crippen molar-refractivity contribution in [2.24, 2.45) is 0 Å². The Morgan fingerprint density at radius 1 is 1.29 bits per heavy atom. The molecule has 0 aliphatic heterocycles. The minimum Gasteiger partial charge on any atom is -0.491 e. The lowest BCUT2D eigenvalue weighted by molar-refractivity contribution is -0.144. The van der Waals surface area contributed by atoms with Crippen LogP contribution < -0.4 is 10.1 Å². The molecule has 0 fully saturated rings. The highest BCUT2D eigenvalue weighted by Crippen LogP contribution is 2.35. The van der Waals surface area contributed by atoms with Crippen molar-refractivity contribution in [3.63, 3.8) is 0 Å². The van der Waals surface area contributed by atoms with E-state index in [9.17, 15) is 9.90 Å². The molecular formula is C21H23BrN2O4. The van der Waals surface area contributed by atoms with E-state index in [-0.39, 0.29) is 19.8 Å². The van der Waals surface area contributed by atoms with E-state index in [0.29, 0.717) is 29.0 Å². The number of halogens is 1. The summed E-state index contributed by atoms with van der Waals surface area (Å²) in [6.45, 7) is 3.97. The maximum absolute atomic E-state index is 12.8. The second-order valence-corrected chi connectivity index (χ2v) is 6.84. The highest BCUT2D eigenvalue weighted by Gasteiger charge is 2.27. The fourth-order valence-corrected chi connectivity index (χ4v) is 3.29. The van der Waals surface area contributed by atoms with Crippen molar-refractivity contribution >= 4 is 27.6 Å². The molecule has 0 radical (unpaired) electrons. The van der Waals surface area contributed by atoms with Gasteiger partial charge in [-0.2, -0.15) is 5.26 Å². The molecule has 2 rings (SSSR count). The monoisotopic (exact) mass is 446 g/mol. The van der Waals surface area contributed by atoms with E-state index in [2.05, 4.69) is 27.3 Å². The number of rotatable bonds is 9. The molecule has 28 heavy (non-hydrogen) atoms. The summed E-state index contributed by atoms with van der Waals surface area (Å²) in [4.78, 5) is 12.8. The number of esters is 1. The first-order valence-corrected chi connectivity index (χ1v) is 9.82. The van der Waals surface area contributed by atoms with Crippen LogP contribution in [-0.4, -0.2) is 30.9 Å². The first kappa shape index (κ1) is 21.7. The van der Waals surface area contributed by atoms with E-state index in [1.807, 2.05) is 19.1 Å². The normalized spacial score (nSPS) is 11.4. The van der Waals surface area contributed by atoms with Gasteiger partial charge in [-0.25, -0.2) is 4.79 Å². The number of ether oxygens (including phenoxy) is 2. The van der Waals surface area contributed by atoms with Crippen molar-refractivity contribution in [1.82, 2.24) is 0 Å². The molecule has 0 spiro atoms. The molecule has 0 aliphatic rings. The number of aliphatic hydroxyl groups excluding tert-OH is 1. The van der Waals surface area contributed by atoms with Gasteiger partial charge in [0.05, 0.1) is 24.8 Å². The van der Waals surface area contributed by atoms with E-state index >= 15 is 0 Å². The first-order valence-electron chi connectivity index (χ1n) is 9.03. The molecule has 2 N–H and O–H groups in total. The van der Waals surface area contributed by atoms with Crippen molar-refractivity contribution in [3.05, 3.63) is 57.6 Å². The number of nitrogens with one attached hydrogen (secondary N) is 1. The van der Waals surface area contributed by atoms with Gasteiger partial charge in [0.15, 0.2) is 6.04 Å². The average Bonchev–Trinajstić information content (AvgIpc) is 2.71. The smallest absolute Gasteiger partial charge is 0.333 e. The van der Waals surface area contributed by atoms with Gasteiger partial charge >= 0.3 is 5.97 Å². The van der Waals surface area contributed by atoms with Crippen LogP contribution in [0.2, 0.25) is 0 Å². The minimum absolute atomic E-state index is 0.119. The molecule has 2 aromatic carbocycles. The maximum atomic E-state index is 12.8. The van der Waals surface area contributed by atoms with E-state index in [4.69, 9.17) is 14.7 Å². The van der Waals surface area contributed by atoms with Gasteiger partial charge in [0.2, 0.25) is 0 Å². The number of aryl methyl sites for hydroxylation is 1. The van der Waals surface area contributed by atoms with Crippen LogP contribution in [0.4, 0.5) is 5.69 Å². The number of anilines is 1. The SMILES string of the molecule is CCOC(=O)C(Nc1ccc(C#N)cc1)c1cc(Br)cc(CC)c1OCCO. The van der Waals surface area contributed by atoms with Crippen LogP contribution in [0.25, 0.3) is 0 Å². The summed E-state index contributed by atoms with van der Waals surface area (Å²) < 4.78 is 11.9. The first-order chi connectivity index (χ1) is 13.5. The largest absolute Gasteiger partial charge is 0.491 e. The molecule has 0 saturated heterocycles. The molecule has 6 nitrogen and oxygen atoms in total. The average molecular weight is 447 g/mol. The molecule has 0 aromatic heterocycles. The van der Waals surface area contributed by atoms with Gasteiger partial charge in [-0.05, 0) is 55.3 Å². The molecule has 7 heteroatoms. The van der Waals surface area contributed by atoms with Gasteiger partial charge in [-0.3, -0.25) is 0 Å². The van der Waals surface area contributed by atoms with Crippen molar-refractivity contribution in [3.8, 4) is 11.8 Å². The molecule has 2 aromatic rings. The van der Waals surface area contributed by atoms with Crippen LogP contribution in [0.15, 0.2) is 40.9 Å². The number of aliphatic hydroxyl groups is 1. The van der Waals surface area contributed by atoms with Crippen LogP contribution in [0.1, 0.15) is 36.6 Å². The number of nitrogens with zero attached hydrogens (tertiary/aromatic N) is 1. The number of hydrogen-bond acceptors (Lipinski definition) is 6. The Hall–Kier alpha value is -2.56. The molecule has 1 atom stereocenters. The summed E-state index contributed by atoms with van der Waals surface area (Å²) >= 11 is 3.50. The van der Waals surface area contributed by atoms with Crippen molar-refractivity contribution in [1.29, 1.82) is 5.26 Å². The Kier molecular flexibility index (Phi) is 8.30. The fraction of sp³-hybridized carbons (Fsp3) is 0.333. The quantitative estimate of drug-likeness (QED) is 0.566. The van der Waals surface area contributed by atoms with Crippen molar-refractivity contribution in [2.75, 3.05) is 25.1 Å². The zero-order valence-corrected chi connectivity index (χ0v) is 17.5. The number of benzene rings is 2. The predicted molar refractivity (Wildman–Crippen MR) is 110 cm³/mol. The standard InChI is InChI=1S/C21H23BrN2O4/c1-3-15-11-16(22)12-18(20(15)28-10-9-25)19(21(26)27-4-2)24-17-7-5-14(13-23)6-8-17/h5-8,11-12,19,24-25H,3-4,9-10H2,1-2H3. The van der Waals surface area contributed by atoms with Crippen LogP contribution in [0, 0.1) is 11.3 Å². The Bertz CT molecular complexity index is 847. The van der Waals surface area contributed by atoms with Gasteiger partial charge in [0.1, 0.15) is 12.4 Å². The van der Waals surface area contributed by atoms with E-state index < -0.39 is 12.0 Å². The van der Waals surface area contributed by atoms with Crippen molar-refractivity contribution in [2.45, 2.75) is 26.3 Å². The molecular weight excluding hydrogens is 424 g/mol. The van der Waals surface area contributed by atoms with Gasteiger partial charge in [-0.1, -0.05) is 22.9 Å². The van der Waals surface area contributed by atoms with Gasteiger partial charge in [0, 0.05) is 15.7 Å². The Morgan fingerprint density at radius 3 is 2.57 bits per heavy atom. The molecule has 0 bridgehead atoms. The number of hydrogen-bond donors (Lipinski definition) is 2. The lowest BCUT2D eigenvalue weighted by atomic mass is 10.00. The van der Waals surface area contributed by atoms with Gasteiger partial charge < -0.3 is 19.9 Å². The number of carbonyl (C=O) groups is 1. The summed E-state index contributed by atoms with van der Waals surface area (Å²) in [6.07, 6.45) is 0.694. The summed E-state index contributed by atoms with van der Waals surface area (Å²) in [5.74, 6) is 0.111.